The van der Waals surface area contributed by atoms with Crippen LogP contribution in [0.3, 0.4) is 0 Å². The van der Waals surface area contributed by atoms with Crippen molar-refractivity contribution in [3.05, 3.63) is 21.4 Å². The van der Waals surface area contributed by atoms with Crippen LogP contribution >= 0.6 is 22.9 Å². The van der Waals surface area contributed by atoms with Crippen LogP contribution < -0.4 is 0 Å². The summed E-state index contributed by atoms with van der Waals surface area (Å²) in [6, 6.07) is 0. The molecule has 2 aromatic rings. The van der Waals surface area contributed by atoms with Crippen molar-refractivity contribution in [2.75, 3.05) is 19.8 Å². The third-order valence-electron chi connectivity index (χ3n) is 3.11. The zero-order chi connectivity index (χ0) is 12.7. The Bertz CT molecular complexity index is 593. The first-order valence-corrected chi connectivity index (χ1v) is 6.98. The molecule has 0 aliphatic carbocycles. The van der Waals surface area contributed by atoms with E-state index < -0.39 is 0 Å². The molecule has 1 saturated heterocycles. The predicted octanol–water partition coefficient (Wildman–Crippen LogP) is 3.05. The molecule has 1 aliphatic heterocycles. The van der Waals surface area contributed by atoms with E-state index in [1.165, 1.54) is 4.88 Å². The fourth-order valence-electron chi connectivity index (χ4n) is 2.00. The van der Waals surface area contributed by atoms with Crippen LogP contribution in [0.15, 0.2) is 0 Å². The van der Waals surface area contributed by atoms with Gasteiger partial charge in [0.25, 0.3) is 0 Å². The SMILES string of the molecule is Cc1sc2nc(C3COCCO3)nc(Cl)c2c1C. The smallest absolute Gasteiger partial charge is 0.162 e. The third kappa shape index (κ3) is 2.01. The van der Waals surface area contributed by atoms with Crippen molar-refractivity contribution in [1.82, 2.24) is 9.97 Å². The average molecular weight is 285 g/mol. The number of thiophene rings is 1. The summed E-state index contributed by atoms with van der Waals surface area (Å²) in [5, 5.41) is 1.46. The Morgan fingerprint density at radius 3 is 2.83 bits per heavy atom. The van der Waals surface area contributed by atoms with E-state index in [1.54, 1.807) is 11.3 Å². The first kappa shape index (κ1) is 12.3. The molecule has 0 saturated carbocycles. The highest BCUT2D eigenvalue weighted by atomic mass is 35.5. The Hall–Kier alpha value is -0.750. The van der Waals surface area contributed by atoms with E-state index >= 15 is 0 Å². The zero-order valence-electron chi connectivity index (χ0n) is 10.2. The van der Waals surface area contributed by atoms with Crippen molar-refractivity contribution in [2.45, 2.75) is 20.0 Å². The van der Waals surface area contributed by atoms with E-state index in [-0.39, 0.29) is 6.10 Å². The van der Waals surface area contributed by atoms with Gasteiger partial charge in [0.2, 0.25) is 0 Å². The van der Waals surface area contributed by atoms with E-state index in [1.807, 2.05) is 6.92 Å². The molecule has 4 nitrogen and oxygen atoms in total. The average Bonchev–Trinajstić information content (AvgIpc) is 2.66. The minimum absolute atomic E-state index is 0.205. The molecular weight excluding hydrogens is 272 g/mol. The lowest BCUT2D eigenvalue weighted by molar-refractivity contribution is -0.0933. The van der Waals surface area contributed by atoms with E-state index in [2.05, 4.69) is 16.9 Å². The number of aryl methyl sites for hydroxylation is 2. The topological polar surface area (TPSA) is 44.2 Å². The molecule has 1 aliphatic rings. The molecule has 96 valence electrons. The molecule has 0 amide bonds. The van der Waals surface area contributed by atoms with Gasteiger partial charge in [-0.1, -0.05) is 11.6 Å². The van der Waals surface area contributed by atoms with Gasteiger partial charge in [-0.15, -0.1) is 11.3 Å². The van der Waals surface area contributed by atoms with Crippen LogP contribution in [-0.4, -0.2) is 29.8 Å². The molecule has 1 atom stereocenters. The largest absolute Gasteiger partial charge is 0.376 e. The number of hydrogen-bond acceptors (Lipinski definition) is 5. The summed E-state index contributed by atoms with van der Waals surface area (Å²) in [7, 11) is 0. The Kier molecular flexibility index (Phi) is 3.23. The fraction of sp³-hybridized carbons (Fsp3) is 0.500. The first-order valence-electron chi connectivity index (χ1n) is 5.79. The minimum Gasteiger partial charge on any atom is -0.376 e. The molecule has 2 aromatic heterocycles. The molecule has 0 aromatic carbocycles. The maximum Gasteiger partial charge on any atom is 0.162 e. The van der Waals surface area contributed by atoms with Gasteiger partial charge in [0.05, 0.1) is 25.2 Å². The lowest BCUT2D eigenvalue weighted by atomic mass is 10.2. The number of ether oxygens (including phenoxy) is 2. The van der Waals surface area contributed by atoms with Crippen molar-refractivity contribution in [3.63, 3.8) is 0 Å². The lowest BCUT2D eigenvalue weighted by Crippen LogP contribution is -2.23. The van der Waals surface area contributed by atoms with Crippen LogP contribution in [0.4, 0.5) is 0 Å². The third-order valence-corrected chi connectivity index (χ3v) is 4.48. The molecular formula is C12H13ClN2O2S. The highest BCUT2D eigenvalue weighted by molar-refractivity contribution is 7.18. The second-order valence-corrected chi connectivity index (χ2v) is 5.83. The zero-order valence-corrected chi connectivity index (χ0v) is 11.8. The number of halogens is 1. The van der Waals surface area contributed by atoms with Crippen LogP contribution in [0.5, 0.6) is 0 Å². The summed E-state index contributed by atoms with van der Waals surface area (Å²) in [4.78, 5) is 11.1. The molecule has 0 radical (unpaired) electrons. The number of rotatable bonds is 1. The van der Waals surface area contributed by atoms with E-state index in [0.29, 0.717) is 30.8 Å². The van der Waals surface area contributed by atoms with Gasteiger partial charge in [-0.05, 0) is 19.4 Å². The first-order chi connectivity index (χ1) is 8.66. The van der Waals surface area contributed by atoms with Crippen LogP contribution in [0.25, 0.3) is 10.2 Å². The van der Waals surface area contributed by atoms with Crippen molar-refractivity contribution in [1.29, 1.82) is 0 Å². The van der Waals surface area contributed by atoms with E-state index in [9.17, 15) is 0 Å². The van der Waals surface area contributed by atoms with Gasteiger partial charge in [0.15, 0.2) is 5.82 Å². The van der Waals surface area contributed by atoms with Crippen molar-refractivity contribution in [3.8, 4) is 0 Å². The molecule has 1 fully saturated rings. The number of fused-ring (bicyclic) bond motifs is 1. The Morgan fingerprint density at radius 1 is 1.28 bits per heavy atom. The fourth-order valence-corrected chi connectivity index (χ4v) is 3.41. The Balaban J connectivity index is 2.09. The quantitative estimate of drug-likeness (QED) is 0.755. The molecule has 3 rings (SSSR count). The maximum absolute atomic E-state index is 6.26. The standard InChI is InChI=1S/C12H13ClN2O2S/c1-6-7(2)18-12-9(6)10(13)14-11(15-12)8-5-16-3-4-17-8/h8H,3-5H2,1-2H3. The van der Waals surface area contributed by atoms with Crippen LogP contribution in [0, 0.1) is 13.8 Å². The van der Waals surface area contributed by atoms with Crippen molar-refractivity contribution < 1.29 is 9.47 Å². The second-order valence-electron chi connectivity index (χ2n) is 4.27. The summed E-state index contributed by atoms with van der Waals surface area (Å²) in [6.07, 6.45) is -0.205. The highest BCUT2D eigenvalue weighted by Crippen LogP contribution is 2.34. The molecule has 18 heavy (non-hydrogen) atoms. The molecule has 1 unspecified atom stereocenters. The summed E-state index contributed by atoms with van der Waals surface area (Å²) >= 11 is 7.90. The van der Waals surface area contributed by atoms with Crippen LogP contribution in [0.1, 0.15) is 22.4 Å². The summed E-state index contributed by atoms with van der Waals surface area (Å²) in [6.45, 7) is 5.81. The van der Waals surface area contributed by atoms with Crippen LogP contribution in [-0.2, 0) is 9.47 Å². The van der Waals surface area contributed by atoms with Gasteiger partial charge in [0.1, 0.15) is 16.1 Å². The normalized spacial score (nSPS) is 20.5. The summed E-state index contributed by atoms with van der Waals surface area (Å²) in [5.41, 5.74) is 1.16. The minimum atomic E-state index is -0.205. The predicted molar refractivity (Wildman–Crippen MR) is 71.4 cm³/mol. The highest BCUT2D eigenvalue weighted by Gasteiger charge is 2.22. The second kappa shape index (κ2) is 4.74. The van der Waals surface area contributed by atoms with E-state index in [0.717, 1.165) is 15.8 Å². The van der Waals surface area contributed by atoms with Crippen LogP contribution in [0.2, 0.25) is 5.15 Å². The summed E-state index contributed by atoms with van der Waals surface area (Å²) in [5.74, 6) is 0.619. The molecule has 0 bridgehead atoms. The summed E-state index contributed by atoms with van der Waals surface area (Å²) < 4.78 is 11.0. The Morgan fingerprint density at radius 2 is 2.11 bits per heavy atom. The molecule has 0 N–H and O–H groups in total. The van der Waals surface area contributed by atoms with Gasteiger partial charge in [-0.2, -0.15) is 0 Å². The number of hydrogen-bond donors (Lipinski definition) is 0. The van der Waals surface area contributed by atoms with Crippen molar-refractivity contribution >= 4 is 33.2 Å². The monoisotopic (exact) mass is 284 g/mol. The van der Waals surface area contributed by atoms with Crippen molar-refractivity contribution in [2.24, 2.45) is 0 Å². The van der Waals surface area contributed by atoms with Gasteiger partial charge in [-0.3, -0.25) is 0 Å². The Labute approximate surface area is 114 Å². The van der Waals surface area contributed by atoms with Gasteiger partial charge >= 0.3 is 0 Å². The van der Waals surface area contributed by atoms with Gasteiger partial charge in [0, 0.05) is 4.88 Å². The molecule has 0 spiro atoms. The number of aromatic nitrogens is 2. The number of nitrogens with zero attached hydrogens (tertiary/aromatic N) is 2. The van der Waals surface area contributed by atoms with Gasteiger partial charge < -0.3 is 9.47 Å². The maximum atomic E-state index is 6.26. The van der Waals surface area contributed by atoms with Gasteiger partial charge in [-0.25, -0.2) is 9.97 Å². The van der Waals surface area contributed by atoms with E-state index in [4.69, 9.17) is 21.1 Å². The molecule has 3 heterocycles. The molecule has 6 heteroatoms. The lowest BCUT2D eigenvalue weighted by Gasteiger charge is -2.21.